The van der Waals surface area contributed by atoms with Gasteiger partial charge >= 0.3 is 0 Å². The maximum absolute atomic E-state index is 4.61. The molecule has 1 atom stereocenters. The van der Waals surface area contributed by atoms with E-state index in [1.165, 1.54) is 16.6 Å². The van der Waals surface area contributed by atoms with Crippen molar-refractivity contribution in [2.45, 2.75) is 58.7 Å². The summed E-state index contributed by atoms with van der Waals surface area (Å²) < 4.78 is 3.21. The van der Waals surface area contributed by atoms with E-state index < -0.39 is 0 Å². The summed E-state index contributed by atoms with van der Waals surface area (Å²) in [6, 6.07) is 0.598. The molecule has 1 N–H and O–H groups in total. The summed E-state index contributed by atoms with van der Waals surface area (Å²) in [5, 5.41) is 8.25. The lowest BCUT2D eigenvalue weighted by atomic mass is 9.96. The van der Waals surface area contributed by atoms with Gasteiger partial charge in [-0.05, 0) is 42.6 Å². The van der Waals surface area contributed by atoms with E-state index in [1.54, 1.807) is 0 Å². The van der Waals surface area contributed by atoms with Crippen LogP contribution in [-0.4, -0.2) is 39.4 Å². The average molecular weight is 343 g/mol. The molecule has 0 radical (unpaired) electrons. The molecule has 0 aromatic carbocycles. The minimum atomic E-state index is 0.182. The fourth-order valence-corrected chi connectivity index (χ4v) is 3.55. The van der Waals surface area contributed by atoms with Crippen LogP contribution in [0.15, 0.2) is 4.47 Å². The molecule has 1 saturated heterocycles. The number of hydrogen-bond donors (Lipinski definition) is 1. The summed E-state index contributed by atoms with van der Waals surface area (Å²) in [6.07, 6.45) is 2.15. The molecule has 1 fully saturated rings. The first-order chi connectivity index (χ1) is 9.39. The van der Waals surface area contributed by atoms with Gasteiger partial charge in [-0.25, -0.2) is 0 Å². The summed E-state index contributed by atoms with van der Waals surface area (Å²) in [6.45, 7) is 12.1. The second-order valence-corrected chi connectivity index (χ2v) is 7.16. The number of rotatable bonds is 4. The smallest absolute Gasteiger partial charge is 0.0767 e. The molecule has 0 amide bonds. The van der Waals surface area contributed by atoms with Crippen molar-refractivity contribution in [3.05, 3.63) is 15.9 Å². The van der Waals surface area contributed by atoms with E-state index in [-0.39, 0.29) is 5.54 Å². The molecule has 0 aliphatic carbocycles. The highest BCUT2D eigenvalue weighted by atomic mass is 79.9. The minimum absolute atomic E-state index is 0.182. The Morgan fingerprint density at radius 1 is 1.40 bits per heavy atom. The molecule has 2 heterocycles. The first-order valence-electron chi connectivity index (χ1n) is 7.57. The van der Waals surface area contributed by atoms with Crippen molar-refractivity contribution in [1.82, 2.24) is 20.0 Å². The van der Waals surface area contributed by atoms with Gasteiger partial charge in [0.2, 0.25) is 0 Å². The lowest BCUT2D eigenvalue weighted by molar-refractivity contribution is 0.0553. The van der Waals surface area contributed by atoms with Gasteiger partial charge in [0, 0.05) is 38.3 Å². The lowest BCUT2D eigenvalue weighted by Gasteiger charge is -2.46. The highest BCUT2D eigenvalue weighted by molar-refractivity contribution is 9.10. The van der Waals surface area contributed by atoms with Crippen LogP contribution in [0.25, 0.3) is 0 Å². The standard InChI is InChI=1S/C15H27BrN4/c1-6-11-8-20(15(3,4)10-17-11)9-13-14(16)12(7-2)18-19(13)5/h11,17H,6-10H2,1-5H3. The number of nitrogens with zero attached hydrogens (tertiary/aromatic N) is 3. The van der Waals surface area contributed by atoms with Gasteiger partial charge in [-0.3, -0.25) is 9.58 Å². The van der Waals surface area contributed by atoms with Gasteiger partial charge in [0.15, 0.2) is 0 Å². The number of nitrogens with one attached hydrogen (secondary N) is 1. The Balaban J connectivity index is 2.21. The average Bonchev–Trinajstić information content (AvgIpc) is 2.68. The van der Waals surface area contributed by atoms with Gasteiger partial charge in [-0.15, -0.1) is 0 Å². The van der Waals surface area contributed by atoms with E-state index in [0.29, 0.717) is 6.04 Å². The highest BCUT2D eigenvalue weighted by Crippen LogP contribution is 2.27. The van der Waals surface area contributed by atoms with Crippen molar-refractivity contribution in [1.29, 1.82) is 0 Å². The van der Waals surface area contributed by atoms with E-state index in [0.717, 1.165) is 31.7 Å². The van der Waals surface area contributed by atoms with Crippen molar-refractivity contribution < 1.29 is 0 Å². The fraction of sp³-hybridized carbons (Fsp3) is 0.800. The van der Waals surface area contributed by atoms with Gasteiger partial charge in [-0.1, -0.05) is 13.8 Å². The molecule has 0 spiro atoms. The Labute approximate surface area is 131 Å². The Hall–Kier alpha value is -0.390. The lowest BCUT2D eigenvalue weighted by Crippen LogP contribution is -2.61. The van der Waals surface area contributed by atoms with Crippen molar-refractivity contribution in [3.8, 4) is 0 Å². The Morgan fingerprint density at radius 3 is 2.65 bits per heavy atom. The monoisotopic (exact) mass is 342 g/mol. The molecule has 0 saturated carbocycles. The third-order valence-electron chi connectivity index (χ3n) is 4.46. The number of halogens is 1. The second kappa shape index (κ2) is 6.16. The quantitative estimate of drug-likeness (QED) is 0.913. The van der Waals surface area contributed by atoms with Crippen molar-refractivity contribution >= 4 is 15.9 Å². The molecule has 1 aromatic rings. The first kappa shape index (κ1) is 16.0. The van der Waals surface area contributed by atoms with Crippen LogP contribution in [0.1, 0.15) is 45.5 Å². The Kier molecular flexibility index (Phi) is 4.92. The van der Waals surface area contributed by atoms with Crippen LogP contribution in [0.3, 0.4) is 0 Å². The number of aromatic nitrogens is 2. The second-order valence-electron chi connectivity index (χ2n) is 6.36. The molecule has 1 aromatic heterocycles. The molecule has 0 bridgehead atoms. The van der Waals surface area contributed by atoms with Crippen LogP contribution in [0.5, 0.6) is 0 Å². The van der Waals surface area contributed by atoms with E-state index in [4.69, 9.17) is 0 Å². The van der Waals surface area contributed by atoms with Gasteiger partial charge < -0.3 is 5.32 Å². The molecular formula is C15H27BrN4. The summed E-state index contributed by atoms with van der Waals surface area (Å²) in [7, 11) is 2.05. The van der Waals surface area contributed by atoms with Crippen molar-refractivity contribution in [3.63, 3.8) is 0 Å². The molecule has 1 aliphatic heterocycles. The first-order valence-corrected chi connectivity index (χ1v) is 8.37. The molecule has 1 unspecified atom stereocenters. The fourth-order valence-electron chi connectivity index (χ4n) is 2.81. The Bertz CT molecular complexity index is 467. The zero-order chi connectivity index (χ0) is 14.9. The minimum Gasteiger partial charge on any atom is -0.311 e. The van der Waals surface area contributed by atoms with E-state index in [1.807, 2.05) is 11.7 Å². The summed E-state index contributed by atoms with van der Waals surface area (Å²) >= 11 is 3.73. The van der Waals surface area contributed by atoms with E-state index in [9.17, 15) is 0 Å². The van der Waals surface area contributed by atoms with Gasteiger partial charge in [-0.2, -0.15) is 5.10 Å². The molecule has 1 aliphatic rings. The van der Waals surface area contributed by atoms with Gasteiger partial charge in [0.1, 0.15) is 0 Å². The maximum atomic E-state index is 4.61. The van der Waals surface area contributed by atoms with Crippen LogP contribution >= 0.6 is 15.9 Å². The SMILES string of the molecule is CCc1nn(C)c(CN2CC(CC)NCC2(C)C)c1Br. The van der Waals surface area contributed by atoms with E-state index >= 15 is 0 Å². The van der Waals surface area contributed by atoms with Gasteiger partial charge in [0.05, 0.1) is 15.9 Å². The largest absolute Gasteiger partial charge is 0.311 e. The third kappa shape index (κ3) is 3.10. The van der Waals surface area contributed by atoms with Crippen molar-refractivity contribution in [2.24, 2.45) is 7.05 Å². The number of aryl methyl sites for hydroxylation is 2. The zero-order valence-electron chi connectivity index (χ0n) is 13.3. The normalized spacial score (nSPS) is 23.2. The molecule has 4 nitrogen and oxygen atoms in total. The Morgan fingerprint density at radius 2 is 2.10 bits per heavy atom. The number of piperazine rings is 1. The topological polar surface area (TPSA) is 33.1 Å². The van der Waals surface area contributed by atoms with Crippen molar-refractivity contribution in [2.75, 3.05) is 13.1 Å². The summed E-state index contributed by atoms with van der Waals surface area (Å²) in [4.78, 5) is 2.58. The van der Waals surface area contributed by atoms with Gasteiger partial charge in [0.25, 0.3) is 0 Å². The predicted molar refractivity (Wildman–Crippen MR) is 86.9 cm³/mol. The van der Waals surface area contributed by atoms with Crippen LogP contribution in [0.2, 0.25) is 0 Å². The molecular weight excluding hydrogens is 316 g/mol. The third-order valence-corrected chi connectivity index (χ3v) is 5.37. The summed E-state index contributed by atoms with van der Waals surface area (Å²) in [5.74, 6) is 0. The molecule has 20 heavy (non-hydrogen) atoms. The van der Waals surface area contributed by atoms with Crippen LogP contribution in [0.4, 0.5) is 0 Å². The molecule has 5 heteroatoms. The highest BCUT2D eigenvalue weighted by Gasteiger charge is 2.34. The van der Waals surface area contributed by atoms with E-state index in [2.05, 4.69) is 58.9 Å². The zero-order valence-corrected chi connectivity index (χ0v) is 14.9. The van der Waals surface area contributed by atoms with Crippen LogP contribution < -0.4 is 5.32 Å². The summed E-state index contributed by atoms with van der Waals surface area (Å²) in [5.41, 5.74) is 2.62. The van der Waals surface area contributed by atoms with Crippen LogP contribution in [-0.2, 0) is 20.0 Å². The number of hydrogen-bond acceptors (Lipinski definition) is 3. The molecule has 2 rings (SSSR count). The molecule has 114 valence electrons. The predicted octanol–water partition coefficient (Wildman–Crippen LogP) is 2.71. The maximum Gasteiger partial charge on any atom is 0.0767 e. The van der Waals surface area contributed by atoms with Crippen LogP contribution in [0, 0.1) is 0 Å².